The molecule has 1 aromatic heterocycles. The standard InChI is InChI=1S/C21H16F6N4/c1-11-10-19(28,13-7-14(20(22,23)24)9-15(8-13)21(25,26)27)16-17(30-31-18(16)29-11)12-5-3-2-4-6-12/h2-9H,1,10,28H2,(H2,29,30,31). The van der Waals surface area contributed by atoms with Gasteiger partial charge < -0.3 is 11.1 Å². The molecule has 0 aliphatic carbocycles. The number of halogens is 6. The molecule has 2 aromatic carbocycles. The Hall–Kier alpha value is -3.27. The van der Waals surface area contributed by atoms with Crippen LogP contribution in [0.2, 0.25) is 0 Å². The Morgan fingerprint density at radius 2 is 1.52 bits per heavy atom. The average molecular weight is 438 g/mol. The molecule has 4 nitrogen and oxygen atoms in total. The van der Waals surface area contributed by atoms with Crippen LogP contribution in [0.15, 0.2) is 60.8 Å². The van der Waals surface area contributed by atoms with Crippen LogP contribution in [0.5, 0.6) is 0 Å². The first-order valence-corrected chi connectivity index (χ1v) is 9.07. The molecule has 2 heterocycles. The third-order valence-electron chi connectivity index (χ3n) is 5.17. The lowest BCUT2D eigenvalue weighted by Gasteiger charge is -2.36. The summed E-state index contributed by atoms with van der Waals surface area (Å²) in [5.74, 6) is 0.198. The monoisotopic (exact) mass is 438 g/mol. The van der Waals surface area contributed by atoms with Crippen LogP contribution < -0.4 is 11.1 Å². The first-order chi connectivity index (χ1) is 14.4. The highest BCUT2D eigenvalue weighted by molar-refractivity contribution is 5.75. The lowest BCUT2D eigenvalue weighted by molar-refractivity contribution is -0.143. The maximum atomic E-state index is 13.4. The Labute approximate surface area is 172 Å². The Balaban J connectivity index is 1.99. The van der Waals surface area contributed by atoms with Crippen molar-refractivity contribution in [3.05, 3.63) is 83.1 Å². The Morgan fingerprint density at radius 1 is 0.935 bits per heavy atom. The van der Waals surface area contributed by atoms with E-state index < -0.39 is 29.0 Å². The molecular weight excluding hydrogens is 422 g/mol. The molecule has 31 heavy (non-hydrogen) atoms. The number of aromatic amines is 1. The van der Waals surface area contributed by atoms with E-state index >= 15 is 0 Å². The zero-order valence-electron chi connectivity index (χ0n) is 15.8. The molecule has 1 aliphatic rings. The number of hydrogen-bond donors (Lipinski definition) is 3. The molecule has 0 fully saturated rings. The van der Waals surface area contributed by atoms with Gasteiger partial charge in [-0.15, -0.1) is 0 Å². The minimum Gasteiger partial charge on any atom is -0.343 e. The van der Waals surface area contributed by atoms with Gasteiger partial charge in [-0.25, -0.2) is 0 Å². The minimum atomic E-state index is -4.99. The zero-order chi connectivity index (χ0) is 22.6. The van der Waals surface area contributed by atoms with E-state index in [2.05, 4.69) is 22.1 Å². The summed E-state index contributed by atoms with van der Waals surface area (Å²) in [4.78, 5) is 0. The van der Waals surface area contributed by atoms with Gasteiger partial charge in [-0.1, -0.05) is 36.9 Å². The van der Waals surface area contributed by atoms with Crippen molar-refractivity contribution in [2.45, 2.75) is 24.3 Å². The van der Waals surface area contributed by atoms with E-state index in [0.29, 0.717) is 29.1 Å². The lowest BCUT2D eigenvalue weighted by atomic mass is 9.76. The summed E-state index contributed by atoms with van der Waals surface area (Å²) in [6.07, 6.45) is -10.1. The van der Waals surface area contributed by atoms with E-state index in [1.165, 1.54) is 0 Å². The number of fused-ring (bicyclic) bond motifs is 1. The van der Waals surface area contributed by atoms with Gasteiger partial charge in [0.25, 0.3) is 0 Å². The molecule has 4 N–H and O–H groups in total. The number of H-pyrrole nitrogens is 1. The van der Waals surface area contributed by atoms with Gasteiger partial charge in [0.2, 0.25) is 0 Å². The van der Waals surface area contributed by atoms with Gasteiger partial charge in [0.15, 0.2) is 5.82 Å². The van der Waals surface area contributed by atoms with Gasteiger partial charge in [-0.3, -0.25) is 5.10 Å². The van der Waals surface area contributed by atoms with Gasteiger partial charge in [-0.2, -0.15) is 31.4 Å². The van der Waals surface area contributed by atoms with Crippen molar-refractivity contribution in [3.63, 3.8) is 0 Å². The van der Waals surface area contributed by atoms with E-state index in [-0.39, 0.29) is 29.4 Å². The number of benzene rings is 2. The van der Waals surface area contributed by atoms with Crippen LogP contribution in [-0.2, 0) is 17.9 Å². The molecule has 1 aliphatic heterocycles. The smallest absolute Gasteiger partial charge is 0.343 e. The normalized spacial score (nSPS) is 19.1. The number of nitrogens with zero attached hydrogens (tertiary/aromatic N) is 1. The second-order valence-electron chi connectivity index (χ2n) is 7.36. The van der Waals surface area contributed by atoms with Crippen LogP contribution in [0.25, 0.3) is 11.3 Å². The predicted octanol–water partition coefficient (Wildman–Crippen LogP) is 5.65. The third-order valence-corrected chi connectivity index (χ3v) is 5.17. The fourth-order valence-corrected chi connectivity index (χ4v) is 3.78. The van der Waals surface area contributed by atoms with Crippen molar-refractivity contribution in [3.8, 4) is 11.3 Å². The summed E-state index contributed by atoms with van der Waals surface area (Å²) in [7, 11) is 0. The summed E-state index contributed by atoms with van der Waals surface area (Å²) < 4.78 is 80.6. The minimum absolute atomic E-state index is 0.0805. The summed E-state index contributed by atoms with van der Waals surface area (Å²) in [5, 5.41) is 9.82. The average Bonchev–Trinajstić information content (AvgIpc) is 3.11. The van der Waals surface area contributed by atoms with Crippen LogP contribution >= 0.6 is 0 Å². The molecule has 0 spiro atoms. The van der Waals surface area contributed by atoms with Gasteiger partial charge in [0.1, 0.15) is 0 Å². The second kappa shape index (κ2) is 6.88. The topological polar surface area (TPSA) is 66.7 Å². The highest BCUT2D eigenvalue weighted by atomic mass is 19.4. The Morgan fingerprint density at radius 3 is 2.06 bits per heavy atom. The molecule has 162 valence electrons. The third kappa shape index (κ3) is 3.67. The molecule has 1 unspecified atom stereocenters. The lowest BCUT2D eigenvalue weighted by Crippen LogP contribution is -2.42. The molecule has 3 aromatic rings. The summed E-state index contributed by atoms with van der Waals surface area (Å²) in [6, 6.07) is 10.1. The first-order valence-electron chi connectivity index (χ1n) is 9.07. The molecule has 0 saturated carbocycles. The molecule has 1 atom stereocenters. The van der Waals surface area contributed by atoms with Crippen molar-refractivity contribution >= 4 is 5.82 Å². The largest absolute Gasteiger partial charge is 0.416 e. The number of alkyl halides is 6. The summed E-state index contributed by atoms with van der Waals surface area (Å²) in [6.45, 7) is 3.77. The van der Waals surface area contributed by atoms with Gasteiger partial charge in [0, 0.05) is 17.7 Å². The Kier molecular flexibility index (Phi) is 4.65. The van der Waals surface area contributed by atoms with Crippen molar-refractivity contribution < 1.29 is 26.3 Å². The Bertz CT molecular complexity index is 1110. The van der Waals surface area contributed by atoms with Gasteiger partial charge in [-0.05, 0) is 29.3 Å². The highest BCUT2D eigenvalue weighted by Gasteiger charge is 2.44. The van der Waals surface area contributed by atoms with Crippen molar-refractivity contribution in [1.29, 1.82) is 0 Å². The van der Waals surface area contributed by atoms with Crippen LogP contribution in [-0.4, -0.2) is 10.2 Å². The first kappa shape index (κ1) is 21.0. The van der Waals surface area contributed by atoms with E-state index in [1.807, 2.05) is 0 Å². The summed E-state index contributed by atoms with van der Waals surface area (Å²) in [5.41, 5.74) is 3.25. The van der Waals surface area contributed by atoms with Crippen LogP contribution in [0.4, 0.5) is 32.2 Å². The van der Waals surface area contributed by atoms with Crippen LogP contribution in [0, 0.1) is 0 Å². The molecule has 4 rings (SSSR count). The number of nitrogens with one attached hydrogen (secondary N) is 2. The van der Waals surface area contributed by atoms with E-state index in [1.54, 1.807) is 30.3 Å². The van der Waals surface area contributed by atoms with Crippen molar-refractivity contribution in [1.82, 2.24) is 10.2 Å². The van der Waals surface area contributed by atoms with Crippen LogP contribution in [0.1, 0.15) is 28.7 Å². The van der Waals surface area contributed by atoms with Crippen LogP contribution in [0.3, 0.4) is 0 Å². The highest BCUT2D eigenvalue weighted by Crippen LogP contribution is 2.47. The molecular formula is C21H16F6N4. The van der Waals surface area contributed by atoms with Gasteiger partial charge in [0.05, 0.1) is 22.4 Å². The van der Waals surface area contributed by atoms with E-state index in [4.69, 9.17) is 5.73 Å². The van der Waals surface area contributed by atoms with E-state index in [9.17, 15) is 26.3 Å². The molecule has 0 radical (unpaired) electrons. The molecule has 0 bridgehead atoms. The number of hydrogen-bond acceptors (Lipinski definition) is 3. The molecule has 0 amide bonds. The maximum absolute atomic E-state index is 13.4. The second-order valence-corrected chi connectivity index (χ2v) is 7.36. The fraction of sp³-hybridized carbons (Fsp3) is 0.190. The van der Waals surface area contributed by atoms with Crippen molar-refractivity contribution in [2.75, 3.05) is 5.32 Å². The van der Waals surface area contributed by atoms with Gasteiger partial charge >= 0.3 is 12.4 Å². The maximum Gasteiger partial charge on any atom is 0.416 e. The SMILES string of the molecule is C=C1CC(N)(c2cc(C(F)(F)F)cc(C(F)(F)F)c2)c2c(n[nH]c2-c2ccccc2)N1. The zero-order valence-corrected chi connectivity index (χ0v) is 15.8. The molecule has 10 heteroatoms. The number of nitrogens with two attached hydrogens (primary N) is 1. The number of aromatic nitrogens is 2. The van der Waals surface area contributed by atoms with Crippen molar-refractivity contribution in [2.24, 2.45) is 5.73 Å². The fourth-order valence-electron chi connectivity index (χ4n) is 3.78. The predicted molar refractivity (Wildman–Crippen MR) is 103 cm³/mol. The quantitative estimate of drug-likeness (QED) is 0.454. The number of rotatable bonds is 2. The van der Waals surface area contributed by atoms with E-state index in [0.717, 1.165) is 0 Å². The number of anilines is 1. The molecule has 0 saturated heterocycles. The summed E-state index contributed by atoms with van der Waals surface area (Å²) >= 11 is 0.